The maximum absolute atomic E-state index is 13.1. The zero-order valence-electron chi connectivity index (χ0n) is 10.8. The molecule has 0 aliphatic heterocycles. The molecule has 0 aromatic rings. The first-order valence-electron chi connectivity index (χ1n) is 5.69. The normalized spacial score (nSPS) is 16.5. The number of halogens is 4. The van der Waals surface area contributed by atoms with Crippen LogP contribution in [0.3, 0.4) is 0 Å². The minimum absolute atomic E-state index is 0. The van der Waals surface area contributed by atoms with Gasteiger partial charge >= 0.3 is 18.9 Å². The van der Waals surface area contributed by atoms with Gasteiger partial charge in [-0.15, -0.1) is 0 Å². The first kappa shape index (κ1) is 21.5. The van der Waals surface area contributed by atoms with Crippen LogP contribution in [0.5, 0.6) is 0 Å². The Labute approximate surface area is 123 Å². The predicted molar refractivity (Wildman–Crippen MR) is 58.3 cm³/mol. The van der Waals surface area contributed by atoms with Crippen molar-refractivity contribution in [3.8, 4) is 0 Å². The summed E-state index contributed by atoms with van der Waals surface area (Å²) in [5.41, 5.74) is 0. The second-order valence-corrected chi connectivity index (χ2v) is 5.54. The van der Waals surface area contributed by atoms with Crippen molar-refractivity contribution in [3.63, 3.8) is 0 Å². The first-order valence-corrected chi connectivity index (χ1v) is 7.27. The van der Waals surface area contributed by atoms with Crippen LogP contribution >= 0.6 is 0 Å². The average Bonchev–Trinajstić information content (AvgIpc) is 2.25. The Morgan fingerprint density at radius 2 is 1.47 bits per heavy atom. The summed E-state index contributed by atoms with van der Waals surface area (Å²) in [6.07, 6.45) is -6.04. The molecule has 0 aliphatic rings. The molecule has 0 fully saturated rings. The molecule has 110 valence electrons. The number of unbranched alkanes of at least 4 members (excludes halogenated alkanes) is 3. The van der Waals surface area contributed by atoms with Gasteiger partial charge in [-0.25, -0.2) is 21.6 Å². The number of rotatable bonds is 10. The Morgan fingerprint density at radius 3 is 1.95 bits per heavy atom. The van der Waals surface area contributed by atoms with Gasteiger partial charge in [0.2, 0.25) is 0 Å². The molecule has 0 heterocycles. The van der Waals surface area contributed by atoms with Crippen LogP contribution < -0.4 is 18.9 Å². The second-order valence-electron chi connectivity index (χ2n) is 4.09. The third-order valence-electron chi connectivity index (χ3n) is 2.42. The van der Waals surface area contributed by atoms with Crippen LogP contribution in [0.4, 0.5) is 17.6 Å². The Morgan fingerprint density at radius 1 is 0.947 bits per heavy atom. The Bertz CT molecular complexity index is 316. The molecular weight excluding hydrogens is 283 g/mol. The Kier molecular flexibility index (Phi) is 12.4. The van der Waals surface area contributed by atoms with Gasteiger partial charge in [-0.1, -0.05) is 19.3 Å². The largest absolute Gasteiger partial charge is 1.00 e. The molecule has 3 unspecified atom stereocenters. The van der Waals surface area contributed by atoms with Gasteiger partial charge in [0.15, 0.2) is 6.17 Å². The van der Waals surface area contributed by atoms with Crippen LogP contribution in [-0.2, 0) is 10.1 Å². The van der Waals surface area contributed by atoms with Crippen LogP contribution in [-0.4, -0.2) is 43.9 Å². The maximum atomic E-state index is 13.1. The van der Waals surface area contributed by atoms with Crippen molar-refractivity contribution in [1.29, 1.82) is 0 Å². The molecule has 0 saturated carbocycles. The van der Waals surface area contributed by atoms with Gasteiger partial charge < -0.3 is 4.55 Å². The summed E-state index contributed by atoms with van der Waals surface area (Å²) in [7, 11) is -4.91. The van der Waals surface area contributed by atoms with Crippen molar-refractivity contribution in [2.75, 3.05) is 12.4 Å². The molecule has 0 saturated heterocycles. The number of hydrogen-bond acceptors (Lipinski definition) is 3. The van der Waals surface area contributed by atoms with E-state index >= 15 is 0 Å². The van der Waals surface area contributed by atoms with Gasteiger partial charge in [0.1, 0.15) is 12.3 Å². The van der Waals surface area contributed by atoms with Crippen LogP contribution in [0.25, 0.3) is 0 Å². The fourth-order valence-electron chi connectivity index (χ4n) is 1.46. The molecule has 0 radical (unpaired) electrons. The average molecular weight is 300 g/mol. The van der Waals surface area contributed by atoms with E-state index in [4.69, 9.17) is 0 Å². The molecule has 0 aliphatic carbocycles. The standard InChI is InChI=1S/C10H18F4O3S.Li/c11-6-4-2-1-3-5-8(12)10(14)9(13)7-18(15,16)17;/h8-10H,1-7H2,(H,15,16,17);/q;+1/p-1. The first-order chi connectivity index (χ1) is 8.28. The Hall–Kier alpha value is 0.227. The fraction of sp³-hybridized carbons (Fsp3) is 1.00. The summed E-state index contributed by atoms with van der Waals surface area (Å²) < 4.78 is 81.4. The minimum Gasteiger partial charge on any atom is -0.748 e. The van der Waals surface area contributed by atoms with Gasteiger partial charge in [0.25, 0.3) is 0 Å². The third kappa shape index (κ3) is 11.7. The SMILES string of the molecule is O=S(=O)([O-])CC(F)C(F)C(F)CCCCCCF.[Li+]. The van der Waals surface area contributed by atoms with Crippen molar-refractivity contribution < 1.29 is 49.4 Å². The monoisotopic (exact) mass is 300 g/mol. The number of alkyl halides is 4. The van der Waals surface area contributed by atoms with Gasteiger partial charge in [0.05, 0.1) is 22.5 Å². The van der Waals surface area contributed by atoms with Gasteiger partial charge in [-0.2, -0.15) is 0 Å². The topological polar surface area (TPSA) is 57.2 Å². The molecule has 3 nitrogen and oxygen atoms in total. The molecular formula is C10H17F4LiO3S. The molecule has 0 aromatic carbocycles. The van der Waals surface area contributed by atoms with E-state index in [1.807, 2.05) is 0 Å². The molecule has 0 spiro atoms. The zero-order chi connectivity index (χ0) is 14.2. The quantitative estimate of drug-likeness (QED) is 0.236. The van der Waals surface area contributed by atoms with Crippen LogP contribution in [0, 0.1) is 0 Å². The summed E-state index contributed by atoms with van der Waals surface area (Å²) in [4.78, 5) is 0. The molecule has 0 bridgehead atoms. The summed E-state index contributed by atoms with van der Waals surface area (Å²) in [5.74, 6) is -1.56. The second kappa shape index (κ2) is 10.9. The van der Waals surface area contributed by atoms with E-state index in [0.717, 1.165) is 0 Å². The van der Waals surface area contributed by atoms with E-state index < -0.39 is 41.1 Å². The van der Waals surface area contributed by atoms with Gasteiger partial charge in [-0.05, 0) is 12.8 Å². The fourth-order valence-corrected chi connectivity index (χ4v) is 2.03. The smallest absolute Gasteiger partial charge is 0.748 e. The number of hydrogen-bond donors (Lipinski definition) is 0. The molecule has 0 aromatic heterocycles. The molecule has 19 heavy (non-hydrogen) atoms. The van der Waals surface area contributed by atoms with E-state index in [1.54, 1.807) is 0 Å². The van der Waals surface area contributed by atoms with Crippen LogP contribution in [0.1, 0.15) is 32.1 Å². The zero-order valence-corrected chi connectivity index (χ0v) is 11.6. The Balaban J connectivity index is 0. The summed E-state index contributed by atoms with van der Waals surface area (Å²) in [6.45, 7) is -0.474. The van der Waals surface area contributed by atoms with Crippen LogP contribution in [0.2, 0.25) is 0 Å². The molecule has 0 N–H and O–H groups in total. The molecule has 9 heteroatoms. The minimum atomic E-state index is -4.91. The third-order valence-corrected chi connectivity index (χ3v) is 3.14. The molecule has 0 amide bonds. The van der Waals surface area contributed by atoms with E-state index in [9.17, 15) is 30.5 Å². The van der Waals surface area contributed by atoms with Crippen LogP contribution in [0.15, 0.2) is 0 Å². The summed E-state index contributed by atoms with van der Waals surface area (Å²) >= 11 is 0. The molecule has 3 atom stereocenters. The van der Waals surface area contributed by atoms with Crippen molar-refractivity contribution in [2.24, 2.45) is 0 Å². The van der Waals surface area contributed by atoms with Crippen molar-refractivity contribution in [2.45, 2.75) is 50.6 Å². The predicted octanol–water partition coefficient (Wildman–Crippen LogP) is -0.530. The van der Waals surface area contributed by atoms with Crippen molar-refractivity contribution in [3.05, 3.63) is 0 Å². The van der Waals surface area contributed by atoms with Gasteiger partial charge in [-0.3, -0.25) is 4.39 Å². The van der Waals surface area contributed by atoms with E-state index in [0.29, 0.717) is 19.3 Å². The van der Waals surface area contributed by atoms with Crippen molar-refractivity contribution >= 4 is 10.1 Å². The maximum Gasteiger partial charge on any atom is 1.00 e. The van der Waals surface area contributed by atoms with E-state index in [1.165, 1.54) is 0 Å². The summed E-state index contributed by atoms with van der Waals surface area (Å²) in [6, 6.07) is 0. The van der Waals surface area contributed by atoms with Crippen molar-refractivity contribution in [1.82, 2.24) is 0 Å². The summed E-state index contributed by atoms with van der Waals surface area (Å²) in [5, 5.41) is 0. The van der Waals surface area contributed by atoms with E-state index in [-0.39, 0.29) is 31.7 Å². The van der Waals surface area contributed by atoms with Gasteiger partial charge in [0, 0.05) is 0 Å². The van der Waals surface area contributed by atoms with E-state index in [2.05, 4.69) is 0 Å². The molecule has 0 rings (SSSR count).